The lowest BCUT2D eigenvalue weighted by Gasteiger charge is -2.19. The Hall–Kier alpha value is -1.18. The first-order valence-corrected chi connectivity index (χ1v) is 6.62. The molecule has 0 amide bonds. The highest BCUT2D eigenvalue weighted by atomic mass is 16.5. The largest absolute Gasteiger partial charge is 0.496 e. The Morgan fingerprint density at radius 3 is 2.29 bits per heavy atom. The van der Waals surface area contributed by atoms with E-state index >= 15 is 0 Å². The summed E-state index contributed by atoms with van der Waals surface area (Å²) in [4.78, 5) is 0. The van der Waals surface area contributed by atoms with Crippen LogP contribution in [-0.4, -0.2) is 13.2 Å². The fourth-order valence-corrected chi connectivity index (χ4v) is 2.19. The Balaban J connectivity index is 2.68. The number of rotatable bonds is 7. The molecule has 96 valence electrons. The van der Waals surface area contributed by atoms with Gasteiger partial charge in [-0.15, -0.1) is 0 Å². The third kappa shape index (κ3) is 4.29. The second-order valence-electron chi connectivity index (χ2n) is 4.60. The number of aryl methyl sites for hydroxylation is 1. The lowest BCUT2D eigenvalue weighted by Crippen LogP contribution is -2.18. The second-order valence-corrected chi connectivity index (χ2v) is 4.60. The zero-order valence-corrected chi connectivity index (χ0v) is 11.5. The lowest BCUT2D eigenvalue weighted by atomic mass is 10.1. The van der Waals surface area contributed by atoms with Crippen molar-refractivity contribution < 1.29 is 4.74 Å². The van der Waals surface area contributed by atoms with Gasteiger partial charge in [0.15, 0.2) is 0 Å². The molecule has 0 aliphatic heterocycles. The number of anilines is 1. The van der Waals surface area contributed by atoms with E-state index in [-0.39, 0.29) is 0 Å². The molecule has 0 saturated heterocycles. The number of benzene rings is 1. The molecule has 1 aromatic carbocycles. The summed E-state index contributed by atoms with van der Waals surface area (Å²) in [6, 6.07) is 6.89. The van der Waals surface area contributed by atoms with Gasteiger partial charge >= 0.3 is 0 Å². The maximum Gasteiger partial charge on any atom is 0.121 e. The topological polar surface area (TPSA) is 21.3 Å². The summed E-state index contributed by atoms with van der Waals surface area (Å²) in [6.07, 6.45) is 4.93. The van der Waals surface area contributed by atoms with Gasteiger partial charge in [-0.25, -0.2) is 0 Å². The van der Waals surface area contributed by atoms with Crippen molar-refractivity contribution in [2.75, 3.05) is 12.4 Å². The van der Waals surface area contributed by atoms with Crippen LogP contribution in [0.2, 0.25) is 0 Å². The average Bonchev–Trinajstić information content (AvgIpc) is 2.30. The van der Waals surface area contributed by atoms with E-state index in [9.17, 15) is 0 Å². The van der Waals surface area contributed by atoms with Crippen LogP contribution in [0.15, 0.2) is 18.2 Å². The molecule has 1 N–H and O–H groups in total. The van der Waals surface area contributed by atoms with Crippen LogP contribution in [0.4, 0.5) is 5.69 Å². The first-order valence-electron chi connectivity index (χ1n) is 6.62. The van der Waals surface area contributed by atoms with E-state index in [4.69, 9.17) is 4.74 Å². The summed E-state index contributed by atoms with van der Waals surface area (Å²) in [5.41, 5.74) is 2.39. The van der Waals surface area contributed by atoms with E-state index in [0.717, 1.165) is 5.75 Å². The maximum absolute atomic E-state index is 5.27. The minimum atomic E-state index is 0.595. The molecular formula is C15H25NO. The smallest absolute Gasteiger partial charge is 0.121 e. The van der Waals surface area contributed by atoms with E-state index < -0.39 is 0 Å². The standard InChI is InChI=1S/C15H25NO/c1-5-7-13(8-6-2)16-14-9-10-15(17-4)12(3)11-14/h9-11,13,16H,5-8H2,1-4H3. The fraction of sp³-hybridized carbons (Fsp3) is 0.600. The molecule has 0 spiro atoms. The van der Waals surface area contributed by atoms with Crippen LogP contribution in [0, 0.1) is 6.92 Å². The van der Waals surface area contributed by atoms with E-state index in [0.29, 0.717) is 6.04 Å². The van der Waals surface area contributed by atoms with Gasteiger partial charge in [-0.2, -0.15) is 0 Å². The second kappa shape index (κ2) is 7.21. The summed E-state index contributed by atoms with van der Waals surface area (Å²) in [7, 11) is 1.71. The quantitative estimate of drug-likeness (QED) is 0.757. The first-order chi connectivity index (χ1) is 8.21. The monoisotopic (exact) mass is 235 g/mol. The molecule has 0 bridgehead atoms. The highest BCUT2D eigenvalue weighted by molar-refractivity contribution is 5.51. The lowest BCUT2D eigenvalue weighted by molar-refractivity contribution is 0.411. The van der Waals surface area contributed by atoms with Crippen LogP contribution in [0.5, 0.6) is 5.75 Å². The molecule has 1 aromatic rings. The highest BCUT2D eigenvalue weighted by Crippen LogP contribution is 2.23. The number of hydrogen-bond acceptors (Lipinski definition) is 2. The van der Waals surface area contributed by atoms with Gasteiger partial charge in [0.1, 0.15) is 5.75 Å². The molecular weight excluding hydrogens is 210 g/mol. The van der Waals surface area contributed by atoms with E-state index in [2.05, 4.69) is 38.2 Å². The zero-order valence-electron chi connectivity index (χ0n) is 11.5. The molecule has 17 heavy (non-hydrogen) atoms. The normalized spacial score (nSPS) is 10.6. The predicted molar refractivity (Wildman–Crippen MR) is 75.0 cm³/mol. The van der Waals surface area contributed by atoms with Crippen LogP contribution in [0.3, 0.4) is 0 Å². The molecule has 2 nitrogen and oxygen atoms in total. The highest BCUT2D eigenvalue weighted by Gasteiger charge is 2.07. The fourth-order valence-electron chi connectivity index (χ4n) is 2.19. The van der Waals surface area contributed by atoms with E-state index in [1.54, 1.807) is 7.11 Å². The van der Waals surface area contributed by atoms with Gasteiger partial charge in [-0.3, -0.25) is 0 Å². The maximum atomic E-state index is 5.27. The Morgan fingerprint density at radius 1 is 1.18 bits per heavy atom. The molecule has 0 unspecified atom stereocenters. The average molecular weight is 235 g/mol. The Morgan fingerprint density at radius 2 is 1.82 bits per heavy atom. The summed E-state index contributed by atoms with van der Waals surface area (Å²) >= 11 is 0. The third-order valence-electron chi connectivity index (χ3n) is 3.04. The SMILES string of the molecule is CCCC(CCC)Nc1ccc(OC)c(C)c1. The van der Waals surface area contributed by atoms with Gasteiger partial charge in [0.05, 0.1) is 7.11 Å². The van der Waals surface area contributed by atoms with Crippen LogP contribution in [0.1, 0.15) is 45.1 Å². The van der Waals surface area contributed by atoms with Crippen molar-refractivity contribution in [2.45, 2.75) is 52.5 Å². The molecule has 0 fully saturated rings. The van der Waals surface area contributed by atoms with Gasteiger partial charge in [-0.1, -0.05) is 26.7 Å². The molecule has 0 radical (unpaired) electrons. The van der Waals surface area contributed by atoms with Crippen molar-refractivity contribution in [3.05, 3.63) is 23.8 Å². The summed E-state index contributed by atoms with van der Waals surface area (Å²) in [5, 5.41) is 3.62. The first kappa shape index (κ1) is 13.9. The minimum Gasteiger partial charge on any atom is -0.496 e. The summed E-state index contributed by atoms with van der Waals surface area (Å²) in [6.45, 7) is 6.56. The van der Waals surface area contributed by atoms with Crippen LogP contribution < -0.4 is 10.1 Å². The Labute approximate surface area is 105 Å². The number of ether oxygens (including phenoxy) is 1. The van der Waals surface area contributed by atoms with Crippen molar-refractivity contribution in [1.82, 2.24) is 0 Å². The van der Waals surface area contributed by atoms with Gasteiger partial charge in [0.25, 0.3) is 0 Å². The van der Waals surface area contributed by atoms with Crippen molar-refractivity contribution in [3.63, 3.8) is 0 Å². The Kier molecular flexibility index (Phi) is 5.88. The van der Waals surface area contributed by atoms with Crippen molar-refractivity contribution in [3.8, 4) is 5.75 Å². The molecule has 1 rings (SSSR count). The van der Waals surface area contributed by atoms with Gasteiger partial charge in [0, 0.05) is 11.7 Å². The van der Waals surface area contributed by atoms with Crippen molar-refractivity contribution in [2.24, 2.45) is 0 Å². The Bertz CT molecular complexity index is 330. The molecule has 0 aliphatic carbocycles. The molecule has 0 atom stereocenters. The minimum absolute atomic E-state index is 0.595. The summed E-state index contributed by atoms with van der Waals surface area (Å²) in [5.74, 6) is 0.957. The molecule has 2 heteroatoms. The zero-order chi connectivity index (χ0) is 12.7. The van der Waals surface area contributed by atoms with Crippen molar-refractivity contribution >= 4 is 5.69 Å². The molecule has 0 saturated carbocycles. The van der Waals surface area contributed by atoms with E-state index in [1.165, 1.54) is 36.9 Å². The van der Waals surface area contributed by atoms with Gasteiger partial charge in [0.2, 0.25) is 0 Å². The molecule has 0 heterocycles. The number of nitrogens with one attached hydrogen (secondary N) is 1. The number of methoxy groups -OCH3 is 1. The summed E-state index contributed by atoms with van der Waals surface area (Å²) < 4.78 is 5.27. The van der Waals surface area contributed by atoms with Crippen molar-refractivity contribution in [1.29, 1.82) is 0 Å². The third-order valence-corrected chi connectivity index (χ3v) is 3.04. The van der Waals surface area contributed by atoms with Gasteiger partial charge in [-0.05, 0) is 43.5 Å². The van der Waals surface area contributed by atoms with Gasteiger partial charge < -0.3 is 10.1 Å². The molecule has 0 aromatic heterocycles. The van der Waals surface area contributed by atoms with Crippen LogP contribution >= 0.6 is 0 Å². The van der Waals surface area contributed by atoms with Crippen LogP contribution in [-0.2, 0) is 0 Å². The van der Waals surface area contributed by atoms with E-state index in [1.807, 2.05) is 6.07 Å². The predicted octanol–water partition coefficient (Wildman–Crippen LogP) is 4.38. The van der Waals surface area contributed by atoms with Crippen LogP contribution in [0.25, 0.3) is 0 Å². The molecule has 0 aliphatic rings. The number of hydrogen-bond donors (Lipinski definition) is 1.